The van der Waals surface area contributed by atoms with Crippen molar-refractivity contribution in [1.29, 1.82) is 5.26 Å². The number of benzene rings is 1. The van der Waals surface area contributed by atoms with Gasteiger partial charge in [-0.1, -0.05) is 0 Å². The van der Waals surface area contributed by atoms with Crippen molar-refractivity contribution in [2.24, 2.45) is 0 Å². The van der Waals surface area contributed by atoms with Crippen LogP contribution in [0.1, 0.15) is 12.0 Å². The quantitative estimate of drug-likeness (QED) is 0.565. The lowest BCUT2D eigenvalue weighted by atomic mass is 10.2. The van der Waals surface area contributed by atoms with Crippen molar-refractivity contribution in [3.8, 4) is 6.07 Å². The van der Waals surface area contributed by atoms with Gasteiger partial charge in [0, 0.05) is 20.3 Å². The lowest BCUT2D eigenvalue weighted by Crippen LogP contribution is -2.06. The molecule has 0 unspecified atom stereocenters. The normalized spacial score (nSPS) is 9.60. The number of hydrogen-bond donors (Lipinski definition) is 2. The van der Waals surface area contributed by atoms with Crippen molar-refractivity contribution in [2.45, 2.75) is 6.42 Å². The number of hydrogen-bond acceptors (Lipinski definition) is 4. The molecule has 0 atom stereocenters. The first-order valence-electron chi connectivity index (χ1n) is 4.80. The Hall–Kier alpha value is -1.73. The predicted octanol–water partition coefficient (Wildman–Crippen LogP) is 1.59. The van der Waals surface area contributed by atoms with Crippen LogP contribution in [0.15, 0.2) is 18.2 Å². The van der Waals surface area contributed by atoms with Crippen molar-refractivity contribution in [3.63, 3.8) is 0 Å². The molecule has 0 aromatic heterocycles. The summed E-state index contributed by atoms with van der Waals surface area (Å²) in [6.07, 6.45) is 0.927. The largest absolute Gasteiger partial charge is 0.397 e. The van der Waals surface area contributed by atoms with E-state index in [1.807, 2.05) is 12.1 Å². The number of anilines is 2. The van der Waals surface area contributed by atoms with Crippen LogP contribution in [0.3, 0.4) is 0 Å². The van der Waals surface area contributed by atoms with Gasteiger partial charge < -0.3 is 15.8 Å². The van der Waals surface area contributed by atoms with E-state index in [4.69, 9.17) is 15.7 Å². The van der Waals surface area contributed by atoms with Gasteiger partial charge in [0.05, 0.1) is 23.0 Å². The van der Waals surface area contributed by atoms with Crippen LogP contribution in [-0.2, 0) is 4.74 Å². The summed E-state index contributed by atoms with van der Waals surface area (Å²) in [5.74, 6) is 0. The Balaban J connectivity index is 2.52. The van der Waals surface area contributed by atoms with Gasteiger partial charge in [-0.3, -0.25) is 0 Å². The Labute approximate surface area is 89.7 Å². The molecule has 0 aliphatic heterocycles. The van der Waals surface area contributed by atoms with Crippen LogP contribution in [0.2, 0.25) is 0 Å². The van der Waals surface area contributed by atoms with Crippen molar-refractivity contribution < 1.29 is 4.74 Å². The van der Waals surface area contributed by atoms with E-state index < -0.39 is 0 Å². The van der Waals surface area contributed by atoms with Crippen LogP contribution >= 0.6 is 0 Å². The van der Waals surface area contributed by atoms with Crippen LogP contribution in [-0.4, -0.2) is 20.3 Å². The maximum atomic E-state index is 8.66. The molecule has 80 valence electrons. The highest BCUT2D eigenvalue weighted by molar-refractivity contribution is 5.68. The van der Waals surface area contributed by atoms with Crippen LogP contribution in [0.5, 0.6) is 0 Å². The third-order valence-corrected chi connectivity index (χ3v) is 2.02. The highest BCUT2D eigenvalue weighted by atomic mass is 16.5. The number of ether oxygens (including phenoxy) is 1. The summed E-state index contributed by atoms with van der Waals surface area (Å²) >= 11 is 0. The van der Waals surface area contributed by atoms with Gasteiger partial charge in [-0.25, -0.2) is 0 Å². The SMILES string of the molecule is COCCCNc1ccc(C#N)cc1N. The third kappa shape index (κ3) is 3.49. The molecule has 0 spiro atoms. The molecule has 0 aliphatic carbocycles. The Morgan fingerprint density at radius 2 is 2.33 bits per heavy atom. The molecule has 1 rings (SSSR count). The molecule has 0 saturated carbocycles. The first-order chi connectivity index (χ1) is 7.27. The van der Waals surface area contributed by atoms with E-state index in [0.717, 1.165) is 25.3 Å². The lowest BCUT2D eigenvalue weighted by molar-refractivity contribution is 0.198. The average Bonchev–Trinajstić information content (AvgIpc) is 2.26. The van der Waals surface area contributed by atoms with E-state index in [-0.39, 0.29) is 0 Å². The molecule has 0 fully saturated rings. The van der Waals surface area contributed by atoms with Gasteiger partial charge in [0.15, 0.2) is 0 Å². The Morgan fingerprint density at radius 1 is 1.53 bits per heavy atom. The van der Waals surface area contributed by atoms with Crippen molar-refractivity contribution in [2.75, 3.05) is 31.3 Å². The van der Waals surface area contributed by atoms with Crippen molar-refractivity contribution in [1.82, 2.24) is 0 Å². The molecule has 0 radical (unpaired) electrons. The molecule has 1 aromatic carbocycles. The molecular weight excluding hydrogens is 190 g/mol. The fourth-order valence-electron chi connectivity index (χ4n) is 1.23. The Morgan fingerprint density at radius 3 is 2.93 bits per heavy atom. The molecule has 0 aliphatic rings. The summed E-state index contributed by atoms with van der Waals surface area (Å²) in [6, 6.07) is 7.27. The van der Waals surface area contributed by atoms with Gasteiger partial charge in [-0.15, -0.1) is 0 Å². The third-order valence-electron chi connectivity index (χ3n) is 2.02. The van der Waals surface area contributed by atoms with E-state index in [9.17, 15) is 0 Å². The number of methoxy groups -OCH3 is 1. The molecular formula is C11H15N3O. The van der Waals surface area contributed by atoms with Crippen molar-refractivity contribution >= 4 is 11.4 Å². The zero-order valence-electron chi connectivity index (χ0n) is 8.79. The maximum absolute atomic E-state index is 8.66. The molecule has 0 saturated heterocycles. The monoisotopic (exact) mass is 205 g/mol. The fraction of sp³-hybridized carbons (Fsp3) is 0.364. The average molecular weight is 205 g/mol. The van der Waals surface area contributed by atoms with Gasteiger partial charge >= 0.3 is 0 Å². The first-order valence-corrected chi connectivity index (χ1v) is 4.80. The number of nitrogens with two attached hydrogens (primary N) is 1. The standard InChI is InChI=1S/C11H15N3O/c1-15-6-2-5-14-11-4-3-9(8-12)7-10(11)13/h3-4,7,14H,2,5-6,13H2,1H3. The van der Waals surface area contributed by atoms with Gasteiger partial charge in [-0.2, -0.15) is 5.26 Å². The first kappa shape index (κ1) is 11.3. The second kappa shape index (κ2) is 5.89. The fourth-order valence-corrected chi connectivity index (χ4v) is 1.23. The van der Waals surface area contributed by atoms with E-state index >= 15 is 0 Å². The van der Waals surface area contributed by atoms with Crippen LogP contribution < -0.4 is 11.1 Å². The minimum absolute atomic E-state index is 0.579. The second-order valence-corrected chi connectivity index (χ2v) is 3.19. The molecule has 4 nitrogen and oxygen atoms in total. The van der Waals surface area contributed by atoms with E-state index in [1.54, 1.807) is 19.2 Å². The zero-order valence-corrected chi connectivity index (χ0v) is 8.79. The van der Waals surface area contributed by atoms with Gasteiger partial charge in [0.25, 0.3) is 0 Å². The number of nitrogens with one attached hydrogen (secondary N) is 1. The van der Waals surface area contributed by atoms with Crippen molar-refractivity contribution in [3.05, 3.63) is 23.8 Å². The Kier molecular flexibility index (Phi) is 4.45. The number of nitrogen functional groups attached to an aromatic ring is 1. The van der Waals surface area contributed by atoms with Crippen LogP contribution in [0.25, 0.3) is 0 Å². The summed E-state index contributed by atoms with van der Waals surface area (Å²) in [7, 11) is 1.68. The zero-order chi connectivity index (χ0) is 11.1. The van der Waals surface area contributed by atoms with E-state index in [1.165, 1.54) is 0 Å². The highest BCUT2D eigenvalue weighted by Crippen LogP contribution is 2.19. The summed E-state index contributed by atoms with van der Waals surface area (Å²) < 4.78 is 4.93. The Bertz CT molecular complexity index is 357. The molecule has 3 N–H and O–H groups in total. The second-order valence-electron chi connectivity index (χ2n) is 3.19. The molecule has 0 bridgehead atoms. The summed E-state index contributed by atoms with van der Waals surface area (Å²) in [6.45, 7) is 1.53. The van der Waals surface area contributed by atoms with Gasteiger partial charge in [-0.05, 0) is 24.6 Å². The molecule has 1 aromatic rings. The maximum Gasteiger partial charge on any atom is 0.0992 e. The highest BCUT2D eigenvalue weighted by Gasteiger charge is 1.99. The van der Waals surface area contributed by atoms with Gasteiger partial charge in [0.1, 0.15) is 0 Å². The summed E-state index contributed by atoms with van der Waals surface area (Å²) in [4.78, 5) is 0. The molecule has 0 heterocycles. The van der Waals surface area contributed by atoms with Crippen LogP contribution in [0, 0.1) is 11.3 Å². The molecule has 0 amide bonds. The van der Waals surface area contributed by atoms with Crippen LogP contribution in [0.4, 0.5) is 11.4 Å². The predicted molar refractivity (Wildman–Crippen MR) is 60.6 cm³/mol. The van der Waals surface area contributed by atoms with E-state index in [0.29, 0.717) is 11.3 Å². The number of rotatable bonds is 5. The van der Waals surface area contributed by atoms with E-state index in [2.05, 4.69) is 5.32 Å². The number of nitrogens with zero attached hydrogens (tertiary/aromatic N) is 1. The number of nitriles is 1. The molecule has 15 heavy (non-hydrogen) atoms. The minimum Gasteiger partial charge on any atom is -0.397 e. The molecule has 4 heteroatoms. The lowest BCUT2D eigenvalue weighted by Gasteiger charge is -2.08. The van der Waals surface area contributed by atoms with Gasteiger partial charge in [0.2, 0.25) is 0 Å². The smallest absolute Gasteiger partial charge is 0.0992 e. The summed E-state index contributed by atoms with van der Waals surface area (Å²) in [5.41, 5.74) is 7.81. The minimum atomic E-state index is 0.579. The topological polar surface area (TPSA) is 71.1 Å². The summed E-state index contributed by atoms with van der Waals surface area (Å²) in [5, 5.41) is 11.8.